The molecule has 3 aromatic carbocycles. The molecule has 1 amide bonds. The molecule has 0 unspecified atom stereocenters. The molecule has 12 heteroatoms. The molecule has 230 valence electrons. The molecule has 1 heterocycles. The topological polar surface area (TPSA) is 198 Å². The van der Waals surface area contributed by atoms with E-state index in [4.69, 9.17) is 19.9 Å². The van der Waals surface area contributed by atoms with Gasteiger partial charge in [0.1, 0.15) is 23.7 Å². The summed E-state index contributed by atoms with van der Waals surface area (Å²) < 4.78 is 17.4. The summed E-state index contributed by atoms with van der Waals surface area (Å²) in [6, 6.07) is 13.9. The summed E-state index contributed by atoms with van der Waals surface area (Å²) in [7, 11) is 0. The summed E-state index contributed by atoms with van der Waals surface area (Å²) in [4.78, 5) is 39.6. The zero-order valence-corrected chi connectivity index (χ0v) is 23.7. The number of fused-ring (bicyclic) bond motifs is 3. The van der Waals surface area contributed by atoms with Crippen LogP contribution in [0.5, 0.6) is 11.5 Å². The number of phenolic OH excluding ortho intramolecular Hbond substituents is 2. The molecule has 0 spiro atoms. The van der Waals surface area contributed by atoms with Crippen molar-refractivity contribution < 1.29 is 49.0 Å². The Morgan fingerprint density at radius 3 is 2.27 bits per heavy atom. The highest BCUT2D eigenvalue weighted by atomic mass is 16.7. The van der Waals surface area contributed by atoms with Gasteiger partial charge in [0, 0.05) is 53.2 Å². The summed E-state index contributed by atoms with van der Waals surface area (Å²) in [6.45, 7) is 1.07. The van der Waals surface area contributed by atoms with Crippen LogP contribution in [-0.2, 0) is 20.6 Å². The number of phenols is 2. The summed E-state index contributed by atoms with van der Waals surface area (Å²) in [5.41, 5.74) is 4.06. The van der Waals surface area contributed by atoms with Crippen molar-refractivity contribution in [3.8, 4) is 11.5 Å². The minimum atomic E-state index is -1.84. The summed E-state index contributed by atoms with van der Waals surface area (Å²) >= 11 is 0. The Morgan fingerprint density at radius 2 is 1.64 bits per heavy atom. The Bertz CT molecular complexity index is 1630. The first-order valence-electron chi connectivity index (χ1n) is 14.2. The maximum Gasteiger partial charge on any atom is 0.411 e. The van der Waals surface area contributed by atoms with Crippen molar-refractivity contribution in [3.05, 3.63) is 88.0 Å². The van der Waals surface area contributed by atoms with Crippen molar-refractivity contribution in [2.45, 2.75) is 62.4 Å². The van der Waals surface area contributed by atoms with Crippen LogP contribution in [0.1, 0.15) is 68.8 Å². The number of aliphatic hydroxyl groups excluding tert-OH is 1. The summed E-state index contributed by atoms with van der Waals surface area (Å²) in [5.74, 6) is -2.48. The largest absolute Gasteiger partial charge is 0.507 e. The molecule has 0 radical (unpaired) electrons. The number of carbonyl (C=O) groups excluding carboxylic acids is 3. The van der Waals surface area contributed by atoms with Crippen molar-refractivity contribution in [1.29, 1.82) is 0 Å². The molecule has 7 N–H and O–H groups in total. The smallest absolute Gasteiger partial charge is 0.411 e. The van der Waals surface area contributed by atoms with E-state index >= 15 is 0 Å². The number of hydrogen-bond donors (Lipinski definition) is 6. The van der Waals surface area contributed by atoms with Crippen LogP contribution in [0.15, 0.2) is 54.6 Å². The lowest BCUT2D eigenvalue weighted by Gasteiger charge is -2.42. The Labute approximate surface area is 252 Å². The van der Waals surface area contributed by atoms with E-state index in [1.165, 1.54) is 12.1 Å². The highest BCUT2D eigenvalue weighted by Gasteiger charge is 2.48. The van der Waals surface area contributed by atoms with E-state index in [1.807, 2.05) is 0 Å². The number of nitrogens with one attached hydrogen (secondary N) is 1. The Hall–Kier alpha value is -4.33. The Morgan fingerprint density at radius 1 is 1.02 bits per heavy atom. The van der Waals surface area contributed by atoms with Crippen LogP contribution in [0, 0.1) is 0 Å². The maximum atomic E-state index is 13.5. The van der Waals surface area contributed by atoms with Gasteiger partial charge < -0.3 is 40.4 Å². The van der Waals surface area contributed by atoms with Gasteiger partial charge >= 0.3 is 6.09 Å². The number of ether oxygens (including phenoxy) is 3. The number of para-hydroxylation sites is 1. The van der Waals surface area contributed by atoms with Crippen molar-refractivity contribution in [1.82, 2.24) is 0 Å². The number of ketones is 2. The third-order valence-corrected chi connectivity index (χ3v) is 8.41. The van der Waals surface area contributed by atoms with Gasteiger partial charge in [-0.3, -0.25) is 14.9 Å². The van der Waals surface area contributed by atoms with Crippen molar-refractivity contribution in [2.24, 2.45) is 5.73 Å². The SMILES string of the molecule is C[C@@H]1O[C@@H](O[C@H]2C[C@](O)(COC(=O)Nc3ccccc3)Cc3c(O)c4c(c(O)c32)C(=O)c2ccccc2C4=O)C[C@H](N)[C@@H]1O. The predicted octanol–water partition coefficient (Wildman–Crippen LogP) is 2.68. The molecule has 2 aliphatic carbocycles. The second-order valence-electron chi connectivity index (χ2n) is 11.5. The molecule has 0 bridgehead atoms. The lowest BCUT2D eigenvalue weighted by molar-refractivity contribution is -0.248. The van der Waals surface area contributed by atoms with Crippen LogP contribution in [0.3, 0.4) is 0 Å². The number of hydrogen-bond acceptors (Lipinski definition) is 11. The van der Waals surface area contributed by atoms with E-state index in [9.17, 15) is 34.8 Å². The lowest BCUT2D eigenvalue weighted by Crippen LogP contribution is -2.52. The fourth-order valence-electron chi connectivity index (χ4n) is 6.22. The Kier molecular flexibility index (Phi) is 7.64. The first kappa shape index (κ1) is 29.7. The average Bonchev–Trinajstić information content (AvgIpc) is 3.00. The number of nitrogens with two attached hydrogens (primary N) is 1. The zero-order valence-electron chi connectivity index (χ0n) is 23.7. The molecule has 0 aromatic heterocycles. The van der Waals surface area contributed by atoms with E-state index in [0.29, 0.717) is 5.69 Å². The fourth-order valence-corrected chi connectivity index (χ4v) is 6.22. The average molecular weight is 605 g/mol. The van der Waals surface area contributed by atoms with E-state index in [0.717, 1.165) is 0 Å². The minimum Gasteiger partial charge on any atom is -0.507 e. The number of aromatic hydroxyl groups is 2. The van der Waals surface area contributed by atoms with Gasteiger partial charge in [-0.2, -0.15) is 0 Å². The lowest BCUT2D eigenvalue weighted by atomic mass is 9.73. The second kappa shape index (κ2) is 11.3. The van der Waals surface area contributed by atoms with Crippen molar-refractivity contribution in [2.75, 3.05) is 11.9 Å². The van der Waals surface area contributed by atoms with Gasteiger partial charge in [0.15, 0.2) is 17.9 Å². The first-order chi connectivity index (χ1) is 21.0. The summed E-state index contributed by atoms with van der Waals surface area (Å²) in [6.07, 6.45) is -5.23. The molecule has 1 saturated heterocycles. The maximum absolute atomic E-state index is 13.5. The van der Waals surface area contributed by atoms with E-state index < -0.39 is 72.0 Å². The molecule has 0 saturated carbocycles. The molecule has 1 aliphatic heterocycles. The predicted molar refractivity (Wildman–Crippen MR) is 155 cm³/mol. The number of carbonyl (C=O) groups is 3. The van der Waals surface area contributed by atoms with Gasteiger partial charge in [0.25, 0.3) is 0 Å². The third-order valence-electron chi connectivity index (χ3n) is 8.41. The monoisotopic (exact) mass is 604 g/mol. The number of benzene rings is 3. The van der Waals surface area contributed by atoms with Crippen LogP contribution in [0.4, 0.5) is 10.5 Å². The van der Waals surface area contributed by atoms with Gasteiger partial charge in [-0.15, -0.1) is 0 Å². The van der Waals surface area contributed by atoms with Crippen LogP contribution < -0.4 is 11.1 Å². The fraction of sp³-hybridized carbons (Fsp3) is 0.344. The third kappa shape index (κ3) is 5.20. The van der Waals surface area contributed by atoms with Gasteiger partial charge in [-0.25, -0.2) is 4.79 Å². The van der Waals surface area contributed by atoms with Gasteiger partial charge in [-0.1, -0.05) is 42.5 Å². The second-order valence-corrected chi connectivity index (χ2v) is 11.5. The number of anilines is 1. The van der Waals surface area contributed by atoms with E-state index in [2.05, 4.69) is 5.32 Å². The molecule has 3 aromatic rings. The molecule has 6 rings (SSSR count). The highest BCUT2D eigenvalue weighted by Crippen LogP contribution is 2.51. The van der Waals surface area contributed by atoms with Crippen LogP contribution >= 0.6 is 0 Å². The Balaban J connectivity index is 1.38. The van der Waals surface area contributed by atoms with Gasteiger partial charge in [-0.05, 0) is 19.1 Å². The standard InChI is InChI=1S/C32H32N2O10/c1-15-26(35)20(33)11-22(43-15)44-21-13-32(41,14-42-31(40)34-16-7-3-2-4-8-16)12-19-23(21)30(39)25-24(29(19)38)27(36)17-9-5-6-10-18(17)28(25)37/h2-10,15,20-22,26,35,38-39,41H,11-14,33H2,1H3,(H,34,40)/t15-,20-,21-,22-,26+,32-/m0/s1. The molecule has 12 nitrogen and oxygen atoms in total. The van der Waals surface area contributed by atoms with Crippen LogP contribution in [-0.4, -0.2) is 74.8 Å². The zero-order chi connectivity index (χ0) is 31.3. The van der Waals surface area contributed by atoms with Gasteiger partial charge in [0.05, 0.1) is 29.4 Å². The van der Waals surface area contributed by atoms with Crippen LogP contribution in [0.2, 0.25) is 0 Å². The number of amides is 1. The quantitative estimate of drug-likeness (QED) is 0.183. The molecular formula is C32H32N2O10. The molecule has 44 heavy (non-hydrogen) atoms. The molecular weight excluding hydrogens is 572 g/mol. The van der Waals surface area contributed by atoms with Gasteiger partial charge in [0.2, 0.25) is 0 Å². The molecule has 3 aliphatic rings. The first-order valence-corrected chi connectivity index (χ1v) is 14.2. The number of aliphatic hydroxyl groups is 2. The minimum absolute atomic E-state index is 0.00357. The molecule has 6 atom stereocenters. The molecule has 1 fully saturated rings. The van der Waals surface area contributed by atoms with E-state index in [1.54, 1.807) is 49.4 Å². The highest BCUT2D eigenvalue weighted by molar-refractivity contribution is 6.30. The number of rotatable bonds is 5. The van der Waals surface area contributed by atoms with E-state index in [-0.39, 0.29) is 52.6 Å². The normalized spacial score (nSPS) is 27.6. The summed E-state index contributed by atoms with van der Waals surface area (Å²) in [5, 5.41) is 47.6. The van der Waals surface area contributed by atoms with Crippen molar-refractivity contribution in [3.63, 3.8) is 0 Å². The van der Waals surface area contributed by atoms with Crippen molar-refractivity contribution >= 4 is 23.3 Å². The van der Waals surface area contributed by atoms with Crippen LogP contribution in [0.25, 0.3) is 0 Å².